The summed E-state index contributed by atoms with van der Waals surface area (Å²) in [4.78, 5) is 0. The van der Waals surface area contributed by atoms with Gasteiger partial charge in [-0.15, -0.1) is 0 Å². The number of ether oxygens (including phenoxy) is 2. The summed E-state index contributed by atoms with van der Waals surface area (Å²) in [5.41, 5.74) is 3.51. The summed E-state index contributed by atoms with van der Waals surface area (Å²) >= 11 is 0. The molecule has 0 aliphatic carbocycles. The van der Waals surface area contributed by atoms with Crippen molar-refractivity contribution in [2.45, 2.75) is 19.7 Å². The Morgan fingerprint density at radius 2 is 1.59 bits per heavy atom. The average molecular weight is 300 g/mol. The van der Waals surface area contributed by atoms with Gasteiger partial charge >= 0.3 is 0 Å². The fourth-order valence-corrected chi connectivity index (χ4v) is 2.36. The van der Waals surface area contributed by atoms with E-state index in [1.54, 1.807) is 7.11 Å². The van der Waals surface area contributed by atoms with Crippen LogP contribution in [0.4, 0.5) is 0 Å². The molecule has 2 N–H and O–H groups in total. The Kier molecular flexibility index (Phi) is 6.25. The molecule has 2 aromatic carbocycles. The van der Waals surface area contributed by atoms with Gasteiger partial charge in [0.05, 0.1) is 7.11 Å². The summed E-state index contributed by atoms with van der Waals surface area (Å²) in [6, 6.07) is 14.2. The first kappa shape index (κ1) is 16.3. The van der Waals surface area contributed by atoms with Crippen molar-refractivity contribution in [3.05, 3.63) is 59.2 Å². The van der Waals surface area contributed by atoms with Gasteiger partial charge in [0.15, 0.2) is 0 Å². The van der Waals surface area contributed by atoms with Crippen molar-refractivity contribution in [1.29, 1.82) is 0 Å². The topological polar surface area (TPSA) is 42.5 Å². The molecule has 0 saturated carbocycles. The van der Waals surface area contributed by atoms with E-state index < -0.39 is 0 Å². The van der Waals surface area contributed by atoms with Crippen LogP contribution in [0.3, 0.4) is 0 Å². The molecular weight excluding hydrogens is 276 g/mol. The Balaban J connectivity index is 2.14. The highest BCUT2D eigenvalue weighted by Crippen LogP contribution is 2.22. The lowest BCUT2D eigenvalue weighted by molar-refractivity contribution is 0.300. The zero-order valence-corrected chi connectivity index (χ0v) is 13.5. The Bertz CT molecular complexity index is 599. The van der Waals surface area contributed by atoms with Gasteiger partial charge < -0.3 is 20.1 Å². The zero-order chi connectivity index (χ0) is 15.8. The van der Waals surface area contributed by atoms with E-state index in [0.717, 1.165) is 35.7 Å². The van der Waals surface area contributed by atoms with Gasteiger partial charge in [-0.05, 0) is 43.4 Å². The molecule has 0 unspecified atom stereocenters. The Morgan fingerprint density at radius 3 is 2.32 bits per heavy atom. The third-order valence-corrected chi connectivity index (χ3v) is 3.50. The van der Waals surface area contributed by atoms with Crippen molar-refractivity contribution in [1.82, 2.24) is 10.6 Å². The molecule has 0 fully saturated rings. The Hall–Kier alpha value is -2.04. The molecule has 0 heterocycles. The van der Waals surface area contributed by atoms with Crippen LogP contribution in [0.25, 0.3) is 0 Å². The third kappa shape index (κ3) is 4.23. The summed E-state index contributed by atoms with van der Waals surface area (Å²) in [5.74, 6) is 1.78. The second-order valence-corrected chi connectivity index (χ2v) is 5.09. The highest BCUT2D eigenvalue weighted by atomic mass is 16.5. The van der Waals surface area contributed by atoms with Crippen LogP contribution in [-0.2, 0) is 19.7 Å². The molecular formula is C18H24N2O2. The van der Waals surface area contributed by atoms with Crippen LogP contribution in [0.15, 0.2) is 42.5 Å². The maximum absolute atomic E-state index is 6.03. The van der Waals surface area contributed by atoms with E-state index in [2.05, 4.69) is 28.8 Å². The number of nitrogens with one attached hydrogen (secondary N) is 2. The standard InChI is InChI=1S/C18H24N2O2/c1-19-11-14-6-4-5-7-18(14)22-13-15-8-9-17(21-3)10-16(15)12-20-2/h4-10,19-20H,11-13H2,1-3H3. The summed E-state index contributed by atoms with van der Waals surface area (Å²) in [5, 5.41) is 6.35. The molecule has 4 heteroatoms. The summed E-state index contributed by atoms with van der Waals surface area (Å²) < 4.78 is 11.3. The van der Waals surface area contributed by atoms with Crippen LogP contribution in [0, 0.1) is 0 Å². The molecule has 118 valence electrons. The molecule has 22 heavy (non-hydrogen) atoms. The smallest absolute Gasteiger partial charge is 0.124 e. The van der Waals surface area contributed by atoms with Gasteiger partial charge in [0.2, 0.25) is 0 Å². The number of para-hydroxylation sites is 1. The molecule has 2 rings (SSSR count). The molecule has 0 aromatic heterocycles. The van der Waals surface area contributed by atoms with Crippen LogP contribution >= 0.6 is 0 Å². The minimum atomic E-state index is 0.543. The van der Waals surface area contributed by atoms with Crippen molar-refractivity contribution in [2.24, 2.45) is 0 Å². The van der Waals surface area contributed by atoms with E-state index in [1.165, 1.54) is 5.56 Å². The van der Waals surface area contributed by atoms with Crippen LogP contribution in [0.5, 0.6) is 11.5 Å². The van der Waals surface area contributed by atoms with Gasteiger partial charge in [-0.2, -0.15) is 0 Å². The van der Waals surface area contributed by atoms with Crippen molar-refractivity contribution >= 4 is 0 Å². The maximum Gasteiger partial charge on any atom is 0.124 e. The van der Waals surface area contributed by atoms with E-state index in [9.17, 15) is 0 Å². The molecule has 0 spiro atoms. The minimum absolute atomic E-state index is 0.543. The predicted molar refractivity (Wildman–Crippen MR) is 89.3 cm³/mol. The summed E-state index contributed by atoms with van der Waals surface area (Å²) in [6.07, 6.45) is 0. The third-order valence-electron chi connectivity index (χ3n) is 3.50. The fourth-order valence-electron chi connectivity index (χ4n) is 2.36. The monoisotopic (exact) mass is 300 g/mol. The van der Waals surface area contributed by atoms with Crippen LogP contribution in [-0.4, -0.2) is 21.2 Å². The molecule has 0 atom stereocenters. The first-order chi connectivity index (χ1) is 10.8. The van der Waals surface area contributed by atoms with E-state index in [-0.39, 0.29) is 0 Å². The quantitative estimate of drug-likeness (QED) is 0.786. The van der Waals surface area contributed by atoms with Gasteiger partial charge in [0.25, 0.3) is 0 Å². The minimum Gasteiger partial charge on any atom is -0.497 e. The van der Waals surface area contributed by atoms with E-state index in [4.69, 9.17) is 9.47 Å². The second kappa shape index (κ2) is 8.41. The molecule has 2 aromatic rings. The molecule has 4 nitrogen and oxygen atoms in total. The number of methoxy groups -OCH3 is 1. The summed E-state index contributed by atoms with van der Waals surface area (Å²) in [6.45, 7) is 2.12. The molecule has 0 saturated heterocycles. The highest BCUT2D eigenvalue weighted by molar-refractivity contribution is 5.37. The van der Waals surface area contributed by atoms with E-state index >= 15 is 0 Å². The van der Waals surface area contributed by atoms with Crippen LogP contribution in [0.1, 0.15) is 16.7 Å². The highest BCUT2D eigenvalue weighted by Gasteiger charge is 2.07. The van der Waals surface area contributed by atoms with Gasteiger partial charge in [-0.1, -0.05) is 24.3 Å². The number of hydrogen-bond donors (Lipinski definition) is 2. The molecule has 0 aliphatic heterocycles. The zero-order valence-electron chi connectivity index (χ0n) is 13.5. The van der Waals surface area contributed by atoms with Crippen LogP contribution < -0.4 is 20.1 Å². The average Bonchev–Trinajstić information content (AvgIpc) is 2.55. The largest absolute Gasteiger partial charge is 0.497 e. The first-order valence-corrected chi connectivity index (χ1v) is 7.44. The van der Waals surface area contributed by atoms with Gasteiger partial charge in [-0.25, -0.2) is 0 Å². The second-order valence-electron chi connectivity index (χ2n) is 5.09. The predicted octanol–water partition coefficient (Wildman–Crippen LogP) is 2.71. The lowest BCUT2D eigenvalue weighted by Crippen LogP contribution is -2.11. The SMILES string of the molecule is CNCc1cc(OC)ccc1COc1ccccc1CNC. The number of benzene rings is 2. The fraction of sp³-hybridized carbons (Fsp3) is 0.333. The normalized spacial score (nSPS) is 10.5. The lowest BCUT2D eigenvalue weighted by Gasteiger charge is -2.14. The number of rotatable bonds is 8. The van der Waals surface area contributed by atoms with Crippen molar-refractivity contribution in [2.75, 3.05) is 21.2 Å². The Morgan fingerprint density at radius 1 is 0.864 bits per heavy atom. The van der Waals surface area contributed by atoms with E-state index in [0.29, 0.717) is 6.61 Å². The number of hydrogen-bond acceptors (Lipinski definition) is 4. The van der Waals surface area contributed by atoms with Gasteiger partial charge in [0.1, 0.15) is 18.1 Å². The lowest BCUT2D eigenvalue weighted by atomic mass is 10.1. The van der Waals surface area contributed by atoms with E-state index in [1.807, 2.05) is 38.4 Å². The molecule has 0 bridgehead atoms. The van der Waals surface area contributed by atoms with Crippen molar-refractivity contribution in [3.8, 4) is 11.5 Å². The molecule has 0 amide bonds. The maximum atomic E-state index is 6.03. The first-order valence-electron chi connectivity index (χ1n) is 7.44. The molecule has 0 aliphatic rings. The summed E-state index contributed by atoms with van der Waals surface area (Å²) in [7, 11) is 5.56. The van der Waals surface area contributed by atoms with Gasteiger partial charge in [-0.3, -0.25) is 0 Å². The molecule has 0 radical (unpaired) electrons. The van der Waals surface area contributed by atoms with Crippen LogP contribution in [0.2, 0.25) is 0 Å². The van der Waals surface area contributed by atoms with Crippen molar-refractivity contribution in [3.63, 3.8) is 0 Å². The van der Waals surface area contributed by atoms with Crippen molar-refractivity contribution < 1.29 is 9.47 Å². The Labute approximate surface area is 132 Å². The van der Waals surface area contributed by atoms with Gasteiger partial charge in [0, 0.05) is 18.7 Å².